The molecule has 0 bridgehead atoms. The van der Waals surface area contributed by atoms with Crippen molar-refractivity contribution in [2.24, 2.45) is 0 Å². The van der Waals surface area contributed by atoms with Crippen LogP contribution in [-0.2, 0) is 11.2 Å². The molecule has 0 aliphatic heterocycles. The topological polar surface area (TPSA) is 86.0 Å². The molecule has 0 atom stereocenters. The van der Waals surface area contributed by atoms with Crippen molar-refractivity contribution >= 4 is 6.29 Å². The van der Waals surface area contributed by atoms with Crippen molar-refractivity contribution in [3.8, 4) is 0 Å². The van der Waals surface area contributed by atoms with Crippen LogP contribution in [0.5, 0.6) is 0 Å². The Morgan fingerprint density at radius 3 is 2.55 bits per heavy atom. The number of carbonyl (C=O) groups excluding carboxylic acids is 1. The predicted molar refractivity (Wildman–Crippen MR) is 30.4 cm³/mol. The SMILES string of the molecule is Cc1nnc(C[C-]=O)o1.[Na+].[OH-]. The molecule has 0 aromatic carbocycles. The van der Waals surface area contributed by atoms with Gasteiger partial charge in [-0.1, -0.05) is 6.42 Å². The summed E-state index contributed by atoms with van der Waals surface area (Å²) in [5.41, 5.74) is 0. The van der Waals surface area contributed by atoms with Crippen molar-refractivity contribution in [3.05, 3.63) is 11.8 Å². The minimum absolute atomic E-state index is 0. The first-order valence-corrected chi connectivity index (χ1v) is 2.47. The molecule has 0 spiro atoms. The summed E-state index contributed by atoms with van der Waals surface area (Å²) in [5.74, 6) is 0.794. The Bertz CT molecular complexity index is 213. The number of aryl methyl sites for hydroxylation is 1. The molecular formula is C5H6N2NaO3-. The quantitative estimate of drug-likeness (QED) is 0.341. The molecule has 0 saturated heterocycles. The Hall–Kier alpha value is -0.230. The van der Waals surface area contributed by atoms with E-state index in [1.807, 2.05) is 0 Å². The van der Waals surface area contributed by atoms with E-state index < -0.39 is 0 Å². The van der Waals surface area contributed by atoms with E-state index >= 15 is 0 Å². The van der Waals surface area contributed by atoms with Gasteiger partial charge in [-0.05, 0) is 0 Å². The van der Waals surface area contributed by atoms with E-state index in [4.69, 9.17) is 4.42 Å². The first-order valence-electron chi connectivity index (χ1n) is 2.47. The Kier molecular flexibility index (Phi) is 7.87. The molecule has 0 aliphatic rings. The predicted octanol–water partition coefficient (Wildman–Crippen LogP) is -3.14. The van der Waals surface area contributed by atoms with Gasteiger partial charge in [0.05, 0.1) is 0 Å². The summed E-state index contributed by atoms with van der Waals surface area (Å²) in [6.45, 7) is 1.67. The van der Waals surface area contributed by atoms with E-state index in [1.54, 1.807) is 13.2 Å². The monoisotopic (exact) mass is 165 g/mol. The molecule has 0 radical (unpaired) electrons. The summed E-state index contributed by atoms with van der Waals surface area (Å²) in [6, 6.07) is 0. The fourth-order valence-corrected chi connectivity index (χ4v) is 0.471. The molecule has 1 heterocycles. The zero-order chi connectivity index (χ0) is 6.69. The van der Waals surface area contributed by atoms with Crippen LogP contribution < -0.4 is 29.6 Å². The summed E-state index contributed by atoms with van der Waals surface area (Å²) in [4.78, 5) is 9.73. The second kappa shape index (κ2) is 6.48. The van der Waals surface area contributed by atoms with E-state index in [-0.39, 0.29) is 41.5 Å². The van der Waals surface area contributed by atoms with E-state index in [0.717, 1.165) is 0 Å². The molecular weight excluding hydrogens is 159 g/mol. The zero-order valence-corrected chi connectivity index (χ0v) is 8.37. The van der Waals surface area contributed by atoms with Gasteiger partial charge < -0.3 is 14.7 Å². The van der Waals surface area contributed by atoms with Gasteiger partial charge in [0.1, 0.15) is 0 Å². The molecule has 11 heavy (non-hydrogen) atoms. The second-order valence-corrected chi connectivity index (χ2v) is 1.54. The van der Waals surface area contributed by atoms with Gasteiger partial charge in [-0.25, -0.2) is 0 Å². The fraction of sp³-hybridized carbons (Fsp3) is 0.400. The maximum Gasteiger partial charge on any atom is 1.00 e. The molecule has 56 valence electrons. The van der Waals surface area contributed by atoms with Crippen molar-refractivity contribution in [2.45, 2.75) is 13.3 Å². The maximum atomic E-state index is 9.73. The Balaban J connectivity index is 0. The van der Waals surface area contributed by atoms with Crippen LogP contribution in [0.25, 0.3) is 0 Å². The summed E-state index contributed by atoms with van der Waals surface area (Å²) in [6.07, 6.45) is 1.74. The molecule has 0 saturated carbocycles. The Morgan fingerprint density at radius 1 is 1.55 bits per heavy atom. The van der Waals surface area contributed by atoms with Gasteiger partial charge in [0.25, 0.3) is 0 Å². The van der Waals surface area contributed by atoms with Crippen LogP contribution in [0.3, 0.4) is 0 Å². The van der Waals surface area contributed by atoms with Crippen LogP contribution >= 0.6 is 0 Å². The Morgan fingerprint density at radius 2 is 2.18 bits per heavy atom. The van der Waals surface area contributed by atoms with Crippen LogP contribution in [0.2, 0.25) is 0 Å². The van der Waals surface area contributed by atoms with Gasteiger partial charge in [-0.3, -0.25) is 6.29 Å². The second-order valence-electron chi connectivity index (χ2n) is 1.54. The average molecular weight is 165 g/mol. The molecule has 0 fully saturated rings. The van der Waals surface area contributed by atoms with Crippen molar-refractivity contribution in [2.75, 3.05) is 0 Å². The smallest absolute Gasteiger partial charge is 0.870 e. The molecule has 1 N–H and O–H groups in total. The van der Waals surface area contributed by atoms with Crippen molar-refractivity contribution in [1.29, 1.82) is 0 Å². The van der Waals surface area contributed by atoms with Gasteiger partial charge in [0.15, 0.2) is 5.89 Å². The van der Waals surface area contributed by atoms with Crippen molar-refractivity contribution < 1.29 is 44.2 Å². The van der Waals surface area contributed by atoms with Gasteiger partial charge >= 0.3 is 29.6 Å². The number of nitrogens with zero attached hydrogens (tertiary/aromatic N) is 2. The fourth-order valence-electron chi connectivity index (χ4n) is 0.471. The van der Waals surface area contributed by atoms with Crippen LogP contribution in [0.1, 0.15) is 11.8 Å². The van der Waals surface area contributed by atoms with Crippen molar-refractivity contribution in [3.63, 3.8) is 0 Å². The summed E-state index contributed by atoms with van der Waals surface area (Å²) >= 11 is 0. The maximum absolute atomic E-state index is 9.73. The molecule has 0 amide bonds. The molecule has 1 rings (SSSR count). The van der Waals surface area contributed by atoms with Crippen LogP contribution in [0.4, 0.5) is 0 Å². The van der Waals surface area contributed by atoms with Gasteiger partial charge in [-0.2, -0.15) is 0 Å². The number of aromatic nitrogens is 2. The minimum Gasteiger partial charge on any atom is -0.870 e. The van der Waals surface area contributed by atoms with Gasteiger partial charge in [0, 0.05) is 6.92 Å². The number of hydrogen-bond donors (Lipinski definition) is 0. The normalized spacial score (nSPS) is 7.73. The molecule has 5 nitrogen and oxygen atoms in total. The third-order valence-corrected chi connectivity index (χ3v) is 0.791. The molecule has 0 unspecified atom stereocenters. The van der Waals surface area contributed by atoms with E-state index in [0.29, 0.717) is 11.8 Å². The van der Waals surface area contributed by atoms with E-state index in [2.05, 4.69) is 10.2 Å². The van der Waals surface area contributed by atoms with Crippen LogP contribution in [-0.4, -0.2) is 22.0 Å². The van der Waals surface area contributed by atoms with E-state index in [9.17, 15) is 4.79 Å². The van der Waals surface area contributed by atoms with Crippen LogP contribution in [0, 0.1) is 6.92 Å². The number of hydrogen-bond acceptors (Lipinski definition) is 5. The number of rotatable bonds is 2. The third-order valence-electron chi connectivity index (χ3n) is 0.791. The first kappa shape index (κ1) is 13.4. The molecule has 0 aliphatic carbocycles. The van der Waals surface area contributed by atoms with E-state index in [1.165, 1.54) is 0 Å². The summed E-state index contributed by atoms with van der Waals surface area (Å²) < 4.78 is 4.84. The van der Waals surface area contributed by atoms with Gasteiger partial charge in [0.2, 0.25) is 5.89 Å². The molecule has 1 aromatic heterocycles. The average Bonchev–Trinajstić information content (AvgIpc) is 2.17. The summed E-state index contributed by atoms with van der Waals surface area (Å²) in [7, 11) is 0. The molecule has 1 aromatic rings. The van der Waals surface area contributed by atoms with Crippen molar-refractivity contribution in [1.82, 2.24) is 10.2 Å². The standard InChI is InChI=1S/C5H5N2O2.Na.H2O/c1-4-6-7-5(9-4)2-3-8;;/h2H2,1H3;;1H2/q-1;+1;/p-1. The minimum atomic E-state index is 0. The third kappa shape index (κ3) is 4.26. The van der Waals surface area contributed by atoms with Gasteiger partial charge in [-0.15, -0.1) is 10.2 Å². The zero-order valence-electron chi connectivity index (χ0n) is 6.37. The van der Waals surface area contributed by atoms with Crippen LogP contribution in [0.15, 0.2) is 4.42 Å². The first-order chi connectivity index (χ1) is 4.33. The Labute approximate surface area is 85.8 Å². The molecule has 6 heteroatoms. The summed E-state index contributed by atoms with van der Waals surface area (Å²) in [5, 5.41) is 7.07. The largest absolute Gasteiger partial charge is 1.00 e.